The Hall–Kier alpha value is -2.73. The highest BCUT2D eigenvalue weighted by molar-refractivity contribution is 5.83. The van der Waals surface area contributed by atoms with Crippen molar-refractivity contribution in [2.45, 2.75) is 12.5 Å². The molecule has 1 unspecified atom stereocenters. The van der Waals surface area contributed by atoms with Gasteiger partial charge in [-0.3, -0.25) is 9.69 Å². The van der Waals surface area contributed by atoms with Crippen molar-refractivity contribution in [3.05, 3.63) is 53.6 Å². The first-order valence-electron chi connectivity index (χ1n) is 9.30. The lowest BCUT2D eigenvalue weighted by atomic mass is 10.0. The van der Waals surface area contributed by atoms with Crippen molar-refractivity contribution < 1.29 is 14.3 Å². The molecule has 0 radical (unpaired) electrons. The molecule has 2 heterocycles. The second-order valence-corrected chi connectivity index (χ2v) is 7.14. The van der Waals surface area contributed by atoms with Crippen LogP contribution in [0.25, 0.3) is 0 Å². The molecule has 6 nitrogen and oxygen atoms in total. The van der Waals surface area contributed by atoms with E-state index in [9.17, 15) is 4.79 Å². The number of ether oxygens (including phenoxy) is 2. The maximum absolute atomic E-state index is 12.9. The molecular formula is C21H25N3O3. The number of amides is 1. The van der Waals surface area contributed by atoms with Crippen LogP contribution in [0.15, 0.2) is 42.5 Å². The van der Waals surface area contributed by atoms with Gasteiger partial charge in [-0.1, -0.05) is 24.3 Å². The van der Waals surface area contributed by atoms with Crippen LogP contribution in [0.2, 0.25) is 0 Å². The fraction of sp³-hybridized carbons (Fsp3) is 0.381. The minimum Gasteiger partial charge on any atom is -0.454 e. The van der Waals surface area contributed by atoms with Crippen molar-refractivity contribution in [2.24, 2.45) is 0 Å². The van der Waals surface area contributed by atoms with Crippen LogP contribution in [0.4, 0.5) is 5.69 Å². The number of fused-ring (bicyclic) bond motifs is 2. The highest BCUT2D eigenvalue weighted by Gasteiger charge is 2.26. The first kappa shape index (κ1) is 17.7. The molecule has 4 rings (SSSR count). The van der Waals surface area contributed by atoms with Crippen molar-refractivity contribution >= 4 is 11.6 Å². The molecule has 0 bridgehead atoms. The van der Waals surface area contributed by atoms with Crippen LogP contribution >= 0.6 is 0 Å². The van der Waals surface area contributed by atoms with Crippen LogP contribution in [-0.4, -0.2) is 51.3 Å². The first-order chi connectivity index (χ1) is 13.1. The molecule has 0 aliphatic carbocycles. The number of carbonyl (C=O) groups excluding carboxylic acids is 1. The van der Waals surface area contributed by atoms with Gasteiger partial charge in [-0.2, -0.15) is 0 Å². The summed E-state index contributed by atoms with van der Waals surface area (Å²) in [6, 6.07) is 13.8. The van der Waals surface area contributed by atoms with Gasteiger partial charge in [0.2, 0.25) is 12.7 Å². The summed E-state index contributed by atoms with van der Waals surface area (Å²) < 4.78 is 10.8. The molecule has 2 aromatic carbocycles. The number of carbonyl (C=O) groups is 1. The zero-order valence-electron chi connectivity index (χ0n) is 15.8. The number of likely N-dealkylation sites (N-methyl/N-ethyl adjacent to an activating group) is 1. The zero-order valence-corrected chi connectivity index (χ0v) is 15.8. The summed E-state index contributed by atoms with van der Waals surface area (Å²) in [7, 11) is 3.82. The van der Waals surface area contributed by atoms with E-state index in [1.807, 2.05) is 37.2 Å². The number of anilines is 1. The molecule has 2 aliphatic rings. The van der Waals surface area contributed by atoms with Gasteiger partial charge in [0, 0.05) is 25.3 Å². The van der Waals surface area contributed by atoms with Gasteiger partial charge in [0.15, 0.2) is 11.5 Å². The molecule has 1 N–H and O–H groups in total. The molecule has 27 heavy (non-hydrogen) atoms. The highest BCUT2D eigenvalue weighted by Crippen LogP contribution is 2.35. The van der Waals surface area contributed by atoms with Crippen LogP contribution in [0.1, 0.15) is 17.2 Å². The molecule has 1 atom stereocenters. The second kappa shape index (κ2) is 7.48. The Morgan fingerprint density at radius 1 is 1.19 bits per heavy atom. The van der Waals surface area contributed by atoms with Gasteiger partial charge in [-0.05, 0) is 49.8 Å². The maximum Gasteiger partial charge on any atom is 0.242 e. The van der Waals surface area contributed by atoms with E-state index >= 15 is 0 Å². The van der Waals surface area contributed by atoms with Crippen LogP contribution in [0.3, 0.4) is 0 Å². The third-order valence-electron chi connectivity index (χ3n) is 5.14. The summed E-state index contributed by atoms with van der Waals surface area (Å²) >= 11 is 0. The van der Waals surface area contributed by atoms with Gasteiger partial charge < -0.3 is 19.7 Å². The van der Waals surface area contributed by atoms with Gasteiger partial charge in [0.1, 0.15) is 6.04 Å². The van der Waals surface area contributed by atoms with E-state index in [2.05, 4.69) is 34.5 Å². The molecule has 0 spiro atoms. The predicted octanol–water partition coefficient (Wildman–Crippen LogP) is 2.20. The van der Waals surface area contributed by atoms with E-state index in [-0.39, 0.29) is 18.7 Å². The lowest BCUT2D eigenvalue weighted by Gasteiger charge is -2.25. The molecular weight excluding hydrogens is 342 g/mol. The van der Waals surface area contributed by atoms with Crippen LogP contribution < -0.4 is 19.7 Å². The predicted molar refractivity (Wildman–Crippen MR) is 104 cm³/mol. The summed E-state index contributed by atoms with van der Waals surface area (Å²) in [6.45, 7) is 2.66. The Morgan fingerprint density at radius 3 is 2.85 bits per heavy atom. The van der Waals surface area contributed by atoms with Crippen LogP contribution in [-0.2, 0) is 11.2 Å². The summed E-state index contributed by atoms with van der Waals surface area (Å²) in [5, 5.41) is 3.09. The summed E-state index contributed by atoms with van der Waals surface area (Å²) in [6.07, 6.45) is 1.07. The van der Waals surface area contributed by atoms with Gasteiger partial charge in [0.05, 0.1) is 0 Å². The summed E-state index contributed by atoms with van der Waals surface area (Å²) in [4.78, 5) is 17.1. The van der Waals surface area contributed by atoms with Crippen molar-refractivity contribution in [1.82, 2.24) is 10.2 Å². The molecule has 0 saturated carbocycles. The van der Waals surface area contributed by atoms with E-state index in [0.29, 0.717) is 12.3 Å². The first-order valence-corrected chi connectivity index (χ1v) is 9.30. The Balaban J connectivity index is 1.39. The maximum atomic E-state index is 12.9. The number of hydrogen-bond donors (Lipinski definition) is 1. The molecule has 1 amide bonds. The van der Waals surface area contributed by atoms with E-state index in [1.54, 1.807) is 0 Å². The van der Waals surface area contributed by atoms with E-state index < -0.39 is 0 Å². The molecule has 0 saturated heterocycles. The minimum atomic E-state index is -0.370. The molecule has 6 heteroatoms. The SMILES string of the molecule is CN(C)C(C(=O)NCCN1CCc2ccccc21)c1ccc2c(c1)OCO2. The lowest BCUT2D eigenvalue weighted by molar-refractivity contribution is -0.125. The Morgan fingerprint density at radius 2 is 2.00 bits per heavy atom. The fourth-order valence-electron chi connectivity index (χ4n) is 3.82. The molecule has 0 aromatic heterocycles. The minimum absolute atomic E-state index is 0.00801. The average molecular weight is 367 g/mol. The smallest absolute Gasteiger partial charge is 0.242 e. The Labute approximate surface area is 159 Å². The van der Waals surface area contributed by atoms with E-state index in [0.717, 1.165) is 30.8 Å². The standard InChI is InChI=1S/C21H25N3O3/c1-23(2)20(16-7-8-18-19(13-16)27-14-26-18)21(25)22-10-12-24-11-9-15-5-3-4-6-17(15)24/h3-8,13,20H,9-12,14H2,1-2H3,(H,22,25). The Bertz CT molecular complexity index is 837. The molecule has 2 aliphatic heterocycles. The van der Waals surface area contributed by atoms with E-state index in [4.69, 9.17) is 9.47 Å². The van der Waals surface area contributed by atoms with Gasteiger partial charge in [-0.25, -0.2) is 0 Å². The Kier molecular flexibility index (Phi) is 4.90. The topological polar surface area (TPSA) is 54.0 Å². The number of nitrogens with zero attached hydrogens (tertiary/aromatic N) is 2. The molecule has 2 aromatic rings. The zero-order chi connectivity index (χ0) is 18.8. The molecule has 142 valence electrons. The monoisotopic (exact) mass is 367 g/mol. The van der Waals surface area contributed by atoms with Gasteiger partial charge in [0.25, 0.3) is 0 Å². The summed E-state index contributed by atoms with van der Waals surface area (Å²) in [5.41, 5.74) is 3.57. The normalized spacial score (nSPS) is 15.7. The van der Waals surface area contributed by atoms with Crippen molar-refractivity contribution in [3.8, 4) is 11.5 Å². The van der Waals surface area contributed by atoms with Gasteiger partial charge >= 0.3 is 0 Å². The van der Waals surface area contributed by atoms with Gasteiger partial charge in [-0.15, -0.1) is 0 Å². The number of rotatable bonds is 6. The third kappa shape index (κ3) is 3.57. The van der Waals surface area contributed by atoms with E-state index in [1.165, 1.54) is 11.3 Å². The highest BCUT2D eigenvalue weighted by atomic mass is 16.7. The number of hydrogen-bond acceptors (Lipinski definition) is 5. The summed E-state index contributed by atoms with van der Waals surface area (Å²) in [5.74, 6) is 1.41. The number of benzene rings is 2. The number of para-hydroxylation sites is 1. The molecule has 0 fully saturated rings. The fourth-order valence-corrected chi connectivity index (χ4v) is 3.82. The third-order valence-corrected chi connectivity index (χ3v) is 5.14. The average Bonchev–Trinajstić information content (AvgIpc) is 3.28. The number of nitrogens with one attached hydrogen (secondary N) is 1. The van der Waals surface area contributed by atoms with Crippen molar-refractivity contribution in [3.63, 3.8) is 0 Å². The largest absolute Gasteiger partial charge is 0.454 e. The van der Waals surface area contributed by atoms with Crippen molar-refractivity contribution in [1.29, 1.82) is 0 Å². The van der Waals surface area contributed by atoms with Crippen LogP contribution in [0.5, 0.6) is 11.5 Å². The quantitative estimate of drug-likeness (QED) is 0.848. The lowest BCUT2D eigenvalue weighted by Crippen LogP contribution is -2.40. The van der Waals surface area contributed by atoms with Crippen molar-refractivity contribution in [2.75, 3.05) is 45.4 Å². The van der Waals surface area contributed by atoms with Crippen LogP contribution in [0, 0.1) is 0 Å². The second-order valence-electron chi connectivity index (χ2n) is 7.14.